The molecule has 0 bridgehead atoms. The Morgan fingerprint density at radius 2 is 2.08 bits per heavy atom. The summed E-state index contributed by atoms with van der Waals surface area (Å²) in [6.45, 7) is 0.405. The van der Waals surface area contributed by atoms with E-state index in [4.69, 9.17) is 17.1 Å². The van der Waals surface area contributed by atoms with Crippen molar-refractivity contribution in [2.75, 3.05) is 5.21 Å². The molecule has 0 spiro atoms. The van der Waals surface area contributed by atoms with Crippen LogP contribution in [0.5, 0.6) is 0 Å². The first-order chi connectivity index (χ1) is 6.36. The summed E-state index contributed by atoms with van der Waals surface area (Å²) >= 11 is 7.13. The molecule has 13 heavy (non-hydrogen) atoms. The summed E-state index contributed by atoms with van der Waals surface area (Å²) in [5.41, 5.74) is 9.11. The van der Waals surface area contributed by atoms with Gasteiger partial charge in [0.1, 0.15) is 0 Å². The zero-order valence-electron chi connectivity index (χ0n) is 6.85. The minimum Gasteiger partial charge on any atom is -0.114 e. The Bertz CT molecular complexity index is 306. The number of halogens is 1. The molecule has 0 saturated heterocycles. The second-order valence-electron chi connectivity index (χ2n) is 2.29. The highest BCUT2D eigenvalue weighted by Crippen LogP contribution is 2.19. The van der Waals surface area contributed by atoms with Gasteiger partial charge in [-0.15, -0.1) is 23.4 Å². The molecule has 0 aliphatic heterocycles. The standard InChI is InChI=1S/C8H8ClN3S/c9-6-13-8-3-1-7(2-4-8)5-11-12-10/h1-4H,5-6H2. The van der Waals surface area contributed by atoms with Gasteiger partial charge >= 0.3 is 0 Å². The summed E-state index contributed by atoms with van der Waals surface area (Å²) in [7, 11) is 0. The fraction of sp³-hybridized carbons (Fsp3) is 0.250. The van der Waals surface area contributed by atoms with Crippen LogP contribution >= 0.6 is 23.4 Å². The van der Waals surface area contributed by atoms with Gasteiger partial charge in [0.15, 0.2) is 0 Å². The predicted molar refractivity (Wildman–Crippen MR) is 55.9 cm³/mol. The van der Waals surface area contributed by atoms with Gasteiger partial charge in [0.25, 0.3) is 0 Å². The number of nitrogens with zero attached hydrogens (tertiary/aromatic N) is 3. The van der Waals surface area contributed by atoms with Crippen molar-refractivity contribution < 1.29 is 0 Å². The fourth-order valence-electron chi connectivity index (χ4n) is 0.867. The largest absolute Gasteiger partial charge is 0.114 e. The summed E-state index contributed by atoms with van der Waals surface area (Å²) in [5.74, 6) is 0. The average molecular weight is 214 g/mol. The number of azide groups is 1. The number of rotatable bonds is 4. The molecule has 0 aliphatic rings. The van der Waals surface area contributed by atoms with Crippen molar-refractivity contribution in [3.05, 3.63) is 40.3 Å². The molecule has 0 heterocycles. The monoisotopic (exact) mass is 213 g/mol. The minimum atomic E-state index is 0.405. The Morgan fingerprint density at radius 3 is 2.62 bits per heavy atom. The van der Waals surface area contributed by atoms with Crippen molar-refractivity contribution in [1.82, 2.24) is 0 Å². The Morgan fingerprint density at radius 1 is 1.38 bits per heavy atom. The number of benzene rings is 1. The highest BCUT2D eigenvalue weighted by Gasteiger charge is 1.93. The van der Waals surface area contributed by atoms with Gasteiger partial charge in [0.05, 0.1) is 11.8 Å². The number of alkyl halides is 1. The molecule has 0 unspecified atom stereocenters. The summed E-state index contributed by atoms with van der Waals surface area (Å²) in [6, 6.07) is 7.80. The molecule has 1 aromatic rings. The zero-order valence-corrected chi connectivity index (χ0v) is 8.42. The van der Waals surface area contributed by atoms with Crippen LogP contribution in [0.4, 0.5) is 0 Å². The van der Waals surface area contributed by atoms with Gasteiger partial charge in [-0.05, 0) is 23.2 Å². The van der Waals surface area contributed by atoms with Gasteiger partial charge < -0.3 is 0 Å². The van der Waals surface area contributed by atoms with Crippen LogP contribution in [-0.2, 0) is 6.54 Å². The van der Waals surface area contributed by atoms with Crippen LogP contribution in [0.1, 0.15) is 5.56 Å². The van der Waals surface area contributed by atoms with E-state index >= 15 is 0 Å². The molecule has 0 saturated carbocycles. The van der Waals surface area contributed by atoms with E-state index < -0.39 is 0 Å². The van der Waals surface area contributed by atoms with Crippen LogP contribution in [0, 0.1) is 0 Å². The van der Waals surface area contributed by atoms with Crippen molar-refractivity contribution in [2.45, 2.75) is 11.4 Å². The quantitative estimate of drug-likeness (QED) is 0.247. The van der Waals surface area contributed by atoms with Crippen molar-refractivity contribution in [3.8, 4) is 0 Å². The molecule has 0 aromatic heterocycles. The molecule has 0 amide bonds. The Labute approximate surface area is 85.7 Å². The van der Waals surface area contributed by atoms with Crippen LogP contribution in [0.25, 0.3) is 10.4 Å². The summed E-state index contributed by atoms with van der Waals surface area (Å²) in [5, 5.41) is 4.02. The van der Waals surface area contributed by atoms with Crippen LogP contribution in [-0.4, -0.2) is 5.21 Å². The molecule has 68 valence electrons. The van der Waals surface area contributed by atoms with Crippen LogP contribution < -0.4 is 0 Å². The lowest BCUT2D eigenvalue weighted by atomic mass is 10.2. The van der Waals surface area contributed by atoms with E-state index in [-0.39, 0.29) is 0 Å². The molecular formula is C8H8ClN3S. The maximum Gasteiger partial charge on any atom is 0.0727 e. The van der Waals surface area contributed by atoms with E-state index in [1.807, 2.05) is 24.3 Å². The van der Waals surface area contributed by atoms with E-state index in [2.05, 4.69) is 10.0 Å². The van der Waals surface area contributed by atoms with Gasteiger partial charge in [-0.25, -0.2) is 0 Å². The lowest BCUT2D eigenvalue weighted by Crippen LogP contribution is -1.79. The molecule has 0 radical (unpaired) electrons. The van der Waals surface area contributed by atoms with Gasteiger partial charge in [-0.1, -0.05) is 17.2 Å². The first-order valence-electron chi connectivity index (χ1n) is 3.65. The lowest BCUT2D eigenvalue weighted by Gasteiger charge is -1.98. The van der Waals surface area contributed by atoms with E-state index in [9.17, 15) is 0 Å². The van der Waals surface area contributed by atoms with Crippen molar-refractivity contribution in [3.63, 3.8) is 0 Å². The SMILES string of the molecule is [N-]=[N+]=NCc1ccc(SCCl)cc1. The Kier molecular flexibility index (Phi) is 4.54. The third-order valence-electron chi connectivity index (χ3n) is 1.46. The number of hydrogen-bond acceptors (Lipinski definition) is 2. The minimum absolute atomic E-state index is 0.405. The van der Waals surface area contributed by atoms with Crippen molar-refractivity contribution in [1.29, 1.82) is 0 Å². The van der Waals surface area contributed by atoms with Gasteiger partial charge in [0.2, 0.25) is 0 Å². The molecule has 0 atom stereocenters. The molecule has 1 rings (SSSR count). The smallest absolute Gasteiger partial charge is 0.0727 e. The maximum absolute atomic E-state index is 8.10. The predicted octanol–water partition coefficient (Wildman–Crippen LogP) is 3.79. The first kappa shape index (κ1) is 10.3. The Balaban J connectivity index is 2.63. The van der Waals surface area contributed by atoms with E-state index in [1.54, 1.807) is 11.8 Å². The second-order valence-corrected chi connectivity index (χ2v) is 3.92. The number of thioether (sulfide) groups is 1. The van der Waals surface area contributed by atoms with Crippen LogP contribution in [0.15, 0.2) is 34.3 Å². The summed E-state index contributed by atoms with van der Waals surface area (Å²) in [4.78, 5) is 3.81. The van der Waals surface area contributed by atoms with E-state index in [0.717, 1.165) is 10.5 Å². The maximum atomic E-state index is 8.10. The topological polar surface area (TPSA) is 48.8 Å². The van der Waals surface area contributed by atoms with E-state index in [0.29, 0.717) is 11.8 Å². The van der Waals surface area contributed by atoms with E-state index in [1.165, 1.54) is 0 Å². The molecule has 0 aliphatic carbocycles. The molecule has 1 aromatic carbocycles. The molecule has 3 nitrogen and oxygen atoms in total. The average Bonchev–Trinajstić information content (AvgIpc) is 2.17. The van der Waals surface area contributed by atoms with Gasteiger partial charge in [-0.3, -0.25) is 0 Å². The third-order valence-corrected chi connectivity index (χ3v) is 2.50. The molecule has 0 fully saturated rings. The van der Waals surface area contributed by atoms with Gasteiger partial charge in [0, 0.05) is 9.81 Å². The molecular weight excluding hydrogens is 206 g/mol. The summed E-state index contributed by atoms with van der Waals surface area (Å²) < 4.78 is 0. The zero-order chi connectivity index (χ0) is 9.52. The highest BCUT2D eigenvalue weighted by molar-refractivity contribution is 8.00. The highest BCUT2D eigenvalue weighted by atomic mass is 35.5. The van der Waals surface area contributed by atoms with Gasteiger partial charge in [-0.2, -0.15) is 0 Å². The van der Waals surface area contributed by atoms with Crippen molar-refractivity contribution in [2.24, 2.45) is 5.11 Å². The molecule has 0 N–H and O–H groups in total. The second kappa shape index (κ2) is 5.75. The number of hydrogen-bond donors (Lipinski definition) is 0. The lowest BCUT2D eigenvalue weighted by molar-refractivity contribution is 1.04. The van der Waals surface area contributed by atoms with Crippen molar-refractivity contribution >= 4 is 23.4 Å². The first-order valence-corrected chi connectivity index (χ1v) is 5.17. The molecule has 5 heteroatoms. The summed E-state index contributed by atoms with van der Waals surface area (Å²) in [6.07, 6.45) is 0. The van der Waals surface area contributed by atoms with Crippen LogP contribution in [0.3, 0.4) is 0 Å². The van der Waals surface area contributed by atoms with Crippen LogP contribution in [0.2, 0.25) is 0 Å². The Hall–Kier alpha value is -0.830. The third kappa shape index (κ3) is 3.59. The normalized spacial score (nSPS) is 9.31. The fourth-order valence-corrected chi connectivity index (χ4v) is 1.70.